The Balaban J connectivity index is 2.08. The van der Waals surface area contributed by atoms with Crippen molar-refractivity contribution in [3.8, 4) is 0 Å². The van der Waals surface area contributed by atoms with Crippen molar-refractivity contribution in [2.45, 2.75) is 6.54 Å². The van der Waals surface area contributed by atoms with E-state index >= 15 is 0 Å². The molecule has 0 saturated heterocycles. The largest absolute Gasteiger partial charge is 0.466 e. The summed E-state index contributed by atoms with van der Waals surface area (Å²) in [6, 6.07) is 14.4. The zero-order valence-electron chi connectivity index (χ0n) is 10.2. The molecule has 0 aliphatic carbocycles. The Morgan fingerprint density at radius 3 is 2.83 bits per heavy atom. The number of esters is 1. The highest BCUT2D eigenvalue weighted by atomic mass is 16.5. The van der Waals surface area contributed by atoms with E-state index in [0.717, 1.165) is 0 Å². The van der Waals surface area contributed by atoms with E-state index in [1.807, 2.05) is 18.2 Å². The van der Waals surface area contributed by atoms with Crippen molar-refractivity contribution in [1.29, 1.82) is 0 Å². The molecule has 1 N–H and O–H groups in total. The molecular formula is C15H15NO2. The van der Waals surface area contributed by atoms with Crippen LogP contribution in [0.1, 0.15) is 5.56 Å². The standard InChI is InChI=1S/C15H15NO2/c1-18-15(17)9-10-16-11-13-7-4-6-12-5-2-3-8-14(12)13/h2-10,16H,11H2,1H3/b10-9+. The second-order valence-electron chi connectivity index (χ2n) is 3.88. The number of carbonyl (C=O) groups excluding carboxylic acids is 1. The van der Waals surface area contributed by atoms with Gasteiger partial charge < -0.3 is 10.1 Å². The first-order chi connectivity index (χ1) is 8.81. The lowest BCUT2D eigenvalue weighted by atomic mass is 10.0. The van der Waals surface area contributed by atoms with E-state index in [4.69, 9.17) is 0 Å². The summed E-state index contributed by atoms with van der Waals surface area (Å²) >= 11 is 0. The number of carbonyl (C=O) groups is 1. The Hall–Kier alpha value is -2.29. The first kappa shape index (κ1) is 12.2. The molecular weight excluding hydrogens is 226 g/mol. The van der Waals surface area contributed by atoms with Crippen LogP contribution in [0.2, 0.25) is 0 Å². The SMILES string of the molecule is COC(=O)/C=C/NCc1cccc2ccccc12. The van der Waals surface area contributed by atoms with Gasteiger partial charge in [0.1, 0.15) is 0 Å². The van der Waals surface area contributed by atoms with Crippen LogP contribution >= 0.6 is 0 Å². The topological polar surface area (TPSA) is 38.3 Å². The van der Waals surface area contributed by atoms with E-state index < -0.39 is 0 Å². The van der Waals surface area contributed by atoms with Gasteiger partial charge in [-0.25, -0.2) is 4.79 Å². The Morgan fingerprint density at radius 1 is 1.22 bits per heavy atom. The minimum atomic E-state index is -0.361. The van der Waals surface area contributed by atoms with Crippen LogP contribution in [0.3, 0.4) is 0 Å². The second kappa shape index (κ2) is 5.87. The van der Waals surface area contributed by atoms with Gasteiger partial charge in [0.2, 0.25) is 0 Å². The predicted molar refractivity (Wildman–Crippen MR) is 71.9 cm³/mol. The molecule has 0 radical (unpaired) electrons. The van der Waals surface area contributed by atoms with Gasteiger partial charge in [0, 0.05) is 18.8 Å². The van der Waals surface area contributed by atoms with Crippen molar-refractivity contribution >= 4 is 16.7 Å². The zero-order chi connectivity index (χ0) is 12.8. The normalized spacial score (nSPS) is 10.7. The Kier molecular flexibility index (Phi) is 3.97. The maximum absolute atomic E-state index is 10.9. The van der Waals surface area contributed by atoms with E-state index in [-0.39, 0.29) is 5.97 Å². The molecule has 0 saturated carbocycles. The maximum Gasteiger partial charge on any atom is 0.331 e. The lowest BCUT2D eigenvalue weighted by molar-refractivity contribution is -0.134. The molecule has 0 heterocycles. The average molecular weight is 241 g/mol. The van der Waals surface area contributed by atoms with E-state index in [1.54, 1.807) is 6.20 Å². The number of hydrogen-bond acceptors (Lipinski definition) is 3. The smallest absolute Gasteiger partial charge is 0.331 e. The van der Waals surface area contributed by atoms with E-state index in [0.29, 0.717) is 6.54 Å². The summed E-state index contributed by atoms with van der Waals surface area (Å²) in [5.41, 5.74) is 1.20. The minimum Gasteiger partial charge on any atom is -0.466 e. The molecule has 0 amide bonds. The molecule has 0 aromatic heterocycles. The second-order valence-corrected chi connectivity index (χ2v) is 3.88. The lowest BCUT2D eigenvalue weighted by Gasteiger charge is -2.06. The van der Waals surface area contributed by atoms with Crippen molar-refractivity contribution in [2.75, 3.05) is 7.11 Å². The summed E-state index contributed by atoms with van der Waals surface area (Å²) in [5, 5.41) is 5.52. The van der Waals surface area contributed by atoms with Crippen LogP contribution in [0.4, 0.5) is 0 Å². The molecule has 2 aromatic rings. The van der Waals surface area contributed by atoms with Crippen LogP contribution in [0.5, 0.6) is 0 Å². The number of benzene rings is 2. The van der Waals surface area contributed by atoms with Crippen LogP contribution in [0.15, 0.2) is 54.7 Å². The fraction of sp³-hybridized carbons (Fsp3) is 0.133. The molecule has 2 rings (SSSR count). The quantitative estimate of drug-likeness (QED) is 0.660. The van der Waals surface area contributed by atoms with Gasteiger partial charge >= 0.3 is 5.97 Å². The maximum atomic E-state index is 10.9. The molecule has 0 atom stereocenters. The first-order valence-corrected chi connectivity index (χ1v) is 5.76. The molecule has 0 bridgehead atoms. The Morgan fingerprint density at radius 2 is 2.00 bits per heavy atom. The summed E-state index contributed by atoms with van der Waals surface area (Å²) in [6.07, 6.45) is 2.97. The highest BCUT2D eigenvalue weighted by Gasteiger charge is 1.98. The van der Waals surface area contributed by atoms with Gasteiger partial charge in [-0.2, -0.15) is 0 Å². The van der Waals surface area contributed by atoms with Crippen LogP contribution in [0, 0.1) is 0 Å². The van der Waals surface area contributed by atoms with Crippen molar-refractivity contribution in [1.82, 2.24) is 5.32 Å². The summed E-state index contributed by atoms with van der Waals surface area (Å²) in [7, 11) is 1.36. The fourth-order valence-corrected chi connectivity index (χ4v) is 1.81. The molecule has 0 fully saturated rings. The van der Waals surface area contributed by atoms with Crippen molar-refractivity contribution < 1.29 is 9.53 Å². The molecule has 0 unspecified atom stereocenters. The zero-order valence-corrected chi connectivity index (χ0v) is 10.2. The number of nitrogens with one attached hydrogen (secondary N) is 1. The number of ether oxygens (including phenoxy) is 1. The Bertz CT molecular complexity index is 570. The van der Waals surface area contributed by atoms with E-state index in [9.17, 15) is 4.79 Å². The summed E-state index contributed by atoms with van der Waals surface area (Å²) < 4.78 is 4.51. The van der Waals surface area contributed by atoms with Gasteiger partial charge in [-0.05, 0) is 16.3 Å². The molecule has 2 aromatic carbocycles. The Labute approximate surface area is 106 Å². The third-order valence-electron chi connectivity index (χ3n) is 2.71. The summed E-state index contributed by atoms with van der Waals surface area (Å²) in [4.78, 5) is 10.9. The fourth-order valence-electron chi connectivity index (χ4n) is 1.81. The predicted octanol–water partition coefficient (Wildman–Crippen LogP) is 2.62. The van der Waals surface area contributed by atoms with Gasteiger partial charge in [0.25, 0.3) is 0 Å². The number of fused-ring (bicyclic) bond motifs is 1. The number of methoxy groups -OCH3 is 1. The molecule has 0 aliphatic rings. The number of rotatable bonds is 4. The summed E-state index contributed by atoms with van der Waals surface area (Å²) in [6.45, 7) is 0.675. The highest BCUT2D eigenvalue weighted by Crippen LogP contribution is 2.17. The van der Waals surface area contributed by atoms with Gasteiger partial charge in [0.05, 0.1) is 7.11 Å². The van der Waals surface area contributed by atoms with E-state index in [2.05, 4.69) is 34.3 Å². The van der Waals surface area contributed by atoms with Crippen molar-refractivity contribution in [3.63, 3.8) is 0 Å². The summed E-state index contributed by atoms with van der Waals surface area (Å²) in [5.74, 6) is -0.361. The molecule has 92 valence electrons. The molecule has 0 spiro atoms. The average Bonchev–Trinajstić information content (AvgIpc) is 2.43. The lowest BCUT2D eigenvalue weighted by Crippen LogP contribution is -2.06. The van der Waals surface area contributed by atoms with Gasteiger partial charge in [-0.1, -0.05) is 42.5 Å². The monoisotopic (exact) mass is 241 g/mol. The van der Waals surface area contributed by atoms with Crippen LogP contribution in [-0.4, -0.2) is 13.1 Å². The van der Waals surface area contributed by atoms with E-state index in [1.165, 1.54) is 29.5 Å². The van der Waals surface area contributed by atoms with Crippen molar-refractivity contribution in [2.24, 2.45) is 0 Å². The molecule has 18 heavy (non-hydrogen) atoms. The molecule has 3 nitrogen and oxygen atoms in total. The van der Waals surface area contributed by atoms with Crippen LogP contribution < -0.4 is 5.32 Å². The van der Waals surface area contributed by atoms with Gasteiger partial charge in [0.15, 0.2) is 0 Å². The third-order valence-corrected chi connectivity index (χ3v) is 2.71. The highest BCUT2D eigenvalue weighted by molar-refractivity contribution is 5.85. The third kappa shape index (κ3) is 2.88. The van der Waals surface area contributed by atoms with Crippen LogP contribution in [0.25, 0.3) is 10.8 Å². The molecule has 0 aliphatic heterocycles. The first-order valence-electron chi connectivity index (χ1n) is 5.76. The van der Waals surface area contributed by atoms with Gasteiger partial charge in [-0.15, -0.1) is 0 Å². The number of hydrogen-bond donors (Lipinski definition) is 1. The van der Waals surface area contributed by atoms with Gasteiger partial charge in [-0.3, -0.25) is 0 Å². The minimum absolute atomic E-state index is 0.361. The molecule has 3 heteroatoms. The van der Waals surface area contributed by atoms with Crippen LogP contribution in [-0.2, 0) is 16.1 Å². The van der Waals surface area contributed by atoms with Crippen molar-refractivity contribution in [3.05, 3.63) is 60.3 Å².